The Morgan fingerprint density at radius 3 is 3.00 bits per heavy atom. The van der Waals surface area contributed by atoms with Crippen LogP contribution in [0.15, 0.2) is 0 Å². The van der Waals surface area contributed by atoms with E-state index in [2.05, 4.69) is 15.6 Å². The van der Waals surface area contributed by atoms with Gasteiger partial charge in [-0.05, 0) is 12.2 Å². The third kappa shape index (κ3) is 1.70. The number of nitrogens with zero attached hydrogens (tertiary/aromatic N) is 2. The van der Waals surface area contributed by atoms with Crippen molar-refractivity contribution in [2.75, 3.05) is 5.43 Å². The first-order valence-corrected chi connectivity index (χ1v) is 4.00. The Bertz CT molecular complexity index is 340. The molecule has 66 valence electrons. The molecular formula is C6H10N4OS. The molecular weight excluding hydrogens is 176 g/mol. The smallest absolute Gasteiger partial charge is 0.235 e. The molecule has 1 aromatic heterocycles. The molecule has 1 heterocycles. The van der Waals surface area contributed by atoms with Crippen molar-refractivity contribution in [3.63, 3.8) is 0 Å². The van der Waals surface area contributed by atoms with E-state index < -0.39 is 0 Å². The van der Waals surface area contributed by atoms with Crippen molar-refractivity contribution in [1.29, 1.82) is 0 Å². The molecule has 0 aliphatic carbocycles. The summed E-state index contributed by atoms with van der Waals surface area (Å²) < 4.78 is 1.87. The van der Waals surface area contributed by atoms with E-state index in [1.165, 1.54) is 11.6 Å². The summed E-state index contributed by atoms with van der Waals surface area (Å²) in [4.78, 5) is 10.7. The van der Waals surface area contributed by atoms with E-state index in [-0.39, 0.29) is 5.91 Å². The number of carbonyl (C=O) groups is 1. The lowest BCUT2D eigenvalue weighted by Gasteiger charge is -2.03. The van der Waals surface area contributed by atoms with Gasteiger partial charge in [-0.2, -0.15) is 5.10 Å². The van der Waals surface area contributed by atoms with Crippen molar-refractivity contribution in [2.24, 2.45) is 0 Å². The summed E-state index contributed by atoms with van der Waals surface area (Å²) in [5, 5.41) is 6.51. The highest BCUT2D eigenvalue weighted by atomic mass is 32.1. The normalized spacial score (nSPS) is 9.83. The van der Waals surface area contributed by atoms with E-state index in [0.717, 1.165) is 5.82 Å². The Labute approximate surface area is 74.8 Å². The van der Waals surface area contributed by atoms with Gasteiger partial charge in [0.25, 0.3) is 0 Å². The second-order valence-electron chi connectivity index (χ2n) is 2.30. The second kappa shape index (κ2) is 3.48. The molecule has 0 saturated heterocycles. The van der Waals surface area contributed by atoms with Crippen LogP contribution in [-0.4, -0.2) is 20.8 Å². The summed E-state index contributed by atoms with van der Waals surface area (Å²) in [6, 6.07) is 0. The summed E-state index contributed by atoms with van der Waals surface area (Å²) in [5.41, 5.74) is 2.55. The van der Waals surface area contributed by atoms with Crippen LogP contribution in [-0.2, 0) is 11.2 Å². The zero-order valence-electron chi connectivity index (χ0n) is 6.92. The van der Waals surface area contributed by atoms with Crippen molar-refractivity contribution >= 4 is 18.1 Å². The molecule has 0 unspecified atom stereocenters. The first-order chi connectivity index (χ1) is 5.65. The first-order valence-electron chi connectivity index (χ1n) is 3.59. The molecule has 1 amide bonds. The van der Waals surface area contributed by atoms with Gasteiger partial charge in [-0.25, -0.2) is 4.68 Å². The molecule has 0 aliphatic heterocycles. The largest absolute Gasteiger partial charge is 0.274 e. The summed E-state index contributed by atoms with van der Waals surface area (Å²) in [5.74, 6) is 0.553. The van der Waals surface area contributed by atoms with Gasteiger partial charge in [-0.3, -0.25) is 15.3 Å². The van der Waals surface area contributed by atoms with Gasteiger partial charge in [-0.1, -0.05) is 6.92 Å². The monoisotopic (exact) mass is 186 g/mol. The van der Waals surface area contributed by atoms with Gasteiger partial charge >= 0.3 is 0 Å². The van der Waals surface area contributed by atoms with E-state index in [4.69, 9.17) is 12.2 Å². The molecule has 0 saturated carbocycles. The number of nitrogens with one attached hydrogen (secondary N) is 2. The highest BCUT2D eigenvalue weighted by Gasteiger charge is 2.03. The van der Waals surface area contributed by atoms with Crippen LogP contribution in [0.3, 0.4) is 0 Å². The molecule has 2 N–H and O–H groups in total. The van der Waals surface area contributed by atoms with Crippen LogP contribution >= 0.6 is 12.2 Å². The third-order valence-electron chi connectivity index (χ3n) is 1.33. The van der Waals surface area contributed by atoms with Crippen LogP contribution in [0.1, 0.15) is 19.7 Å². The van der Waals surface area contributed by atoms with Crippen molar-refractivity contribution in [1.82, 2.24) is 14.9 Å². The van der Waals surface area contributed by atoms with Crippen LogP contribution in [0.4, 0.5) is 0 Å². The summed E-state index contributed by atoms with van der Waals surface area (Å²) in [6.45, 7) is 3.36. The predicted molar refractivity (Wildman–Crippen MR) is 46.8 cm³/mol. The lowest BCUT2D eigenvalue weighted by molar-refractivity contribution is -0.115. The number of hydrogen-bond acceptors (Lipinski definition) is 3. The number of aromatic amines is 1. The zero-order chi connectivity index (χ0) is 9.14. The van der Waals surface area contributed by atoms with E-state index >= 15 is 0 Å². The first kappa shape index (κ1) is 8.92. The van der Waals surface area contributed by atoms with Crippen LogP contribution in [0.5, 0.6) is 0 Å². The average molecular weight is 186 g/mol. The Balaban J connectivity index is 3.02. The number of aromatic nitrogens is 3. The van der Waals surface area contributed by atoms with Crippen LogP contribution < -0.4 is 5.43 Å². The lowest BCUT2D eigenvalue weighted by Crippen LogP contribution is -2.21. The Morgan fingerprint density at radius 2 is 2.50 bits per heavy atom. The zero-order valence-corrected chi connectivity index (χ0v) is 7.73. The highest BCUT2D eigenvalue weighted by molar-refractivity contribution is 7.71. The Kier molecular flexibility index (Phi) is 2.59. The number of carbonyl (C=O) groups excluding carboxylic acids is 1. The molecule has 12 heavy (non-hydrogen) atoms. The van der Waals surface area contributed by atoms with Gasteiger partial charge in [0.05, 0.1) is 0 Å². The minimum absolute atomic E-state index is 0.165. The molecule has 0 spiro atoms. The third-order valence-corrected chi connectivity index (χ3v) is 1.60. The fraction of sp³-hybridized carbons (Fsp3) is 0.500. The Hall–Kier alpha value is -1.17. The van der Waals surface area contributed by atoms with Crippen LogP contribution in [0, 0.1) is 4.77 Å². The topological polar surface area (TPSA) is 62.7 Å². The van der Waals surface area contributed by atoms with Crippen LogP contribution in [0.25, 0.3) is 0 Å². The van der Waals surface area contributed by atoms with E-state index in [1.54, 1.807) is 0 Å². The van der Waals surface area contributed by atoms with Gasteiger partial charge in [0.1, 0.15) is 0 Å². The minimum Gasteiger partial charge on any atom is -0.274 e. The summed E-state index contributed by atoms with van der Waals surface area (Å²) >= 11 is 4.89. The molecule has 6 heteroatoms. The minimum atomic E-state index is -0.165. The maximum absolute atomic E-state index is 10.7. The molecule has 0 aromatic carbocycles. The van der Waals surface area contributed by atoms with E-state index in [9.17, 15) is 4.79 Å². The van der Waals surface area contributed by atoms with Gasteiger partial charge < -0.3 is 0 Å². The predicted octanol–water partition coefficient (Wildman–Crippen LogP) is 0.593. The van der Waals surface area contributed by atoms with E-state index in [0.29, 0.717) is 11.2 Å². The van der Waals surface area contributed by atoms with Gasteiger partial charge in [0, 0.05) is 13.3 Å². The molecule has 0 aliphatic rings. The number of H-pyrrole nitrogens is 1. The standard InChI is InChI=1S/C6H10N4OS/c1-3-5-7-8-6(12)10(5)9-4(2)11/h3H2,1-2H3,(H,8,12)(H,9,11). The molecule has 5 nitrogen and oxygen atoms in total. The molecule has 0 radical (unpaired) electrons. The summed E-state index contributed by atoms with van der Waals surface area (Å²) in [6.07, 6.45) is 0.716. The molecule has 1 rings (SSSR count). The number of amides is 1. The van der Waals surface area contributed by atoms with Gasteiger partial charge in [0.2, 0.25) is 10.7 Å². The van der Waals surface area contributed by atoms with Crippen molar-refractivity contribution in [2.45, 2.75) is 20.3 Å². The maximum atomic E-state index is 10.7. The van der Waals surface area contributed by atoms with E-state index in [1.807, 2.05) is 6.92 Å². The lowest BCUT2D eigenvalue weighted by atomic mass is 10.5. The van der Waals surface area contributed by atoms with Crippen molar-refractivity contribution < 1.29 is 4.79 Å². The van der Waals surface area contributed by atoms with Crippen molar-refractivity contribution in [3.8, 4) is 0 Å². The maximum Gasteiger partial charge on any atom is 0.235 e. The molecule has 0 atom stereocenters. The quantitative estimate of drug-likeness (QED) is 0.664. The SMILES string of the molecule is CCc1n[nH]c(=S)n1NC(C)=O. The molecule has 0 fully saturated rings. The summed E-state index contributed by atoms with van der Waals surface area (Å²) in [7, 11) is 0. The van der Waals surface area contributed by atoms with Crippen molar-refractivity contribution in [3.05, 3.63) is 10.6 Å². The average Bonchev–Trinajstić information content (AvgIpc) is 2.32. The second-order valence-corrected chi connectivity index (χ2v) is 2.69. The number of rotatable bonds is 2. The van der Waals surface area contributed by atoms with Gasteiger partial charge in [0.15, 0.2) is 5.82 Å². The van der Waals surface area contributed by atoms with Gasteiger partial charge in [-0.15, -0.1) is 0 Å². The number of hydrogen-bond donors (Lipinski definition) is 2. The van der Waals surface area contributed by atoms with Crippen LogP contribution in [0.2, 0.25) is 0 Å². The fourth-order valence-electron chi connectivity index (χ4n) is 0.839. The number of aryl methyl sites for hydroxylation is 1. The fourth-order valence-corrected chi connectivity index (χ4v) is 1.04. The Morgan fingerprint density at radius 1 is 1.83 bits per heavy atom. The molecule has 1 aromatic rings. The highest BCUT2D eigenvalue weighted by Crippen LogP contribution is 1.94. The molecule has 0 bridgehead atoms.